The summed E-state index contributed by atoms with van der Waals surface area (Å²) in [5.74, 6) is 0.126. The Kier molecular flexibility index (Phi) is 4.90. The lowest BCUT2D eigenvalue weighted by Gasteiger charge is -2.15. The van der Waals surface area contributed by atoms with E-state index in [0.717, 1.165) is 25.9 Å². The maximum absolute atomic E-state index is 11.4. The van der Waals surface area contributed by atoms with Crippen molar-refractivity contribution < 1.29 is 9.53 Å². The van der Waals surface area contributed by atoms with Crippen LogP contribution < -0.4 is 11.1 Å². The van der Waals surface area contributed by atoms with Crippen molar-refractivity contribution in [2.24, 2.45) is 5.73 Å². The topological polar surface area (TPSA) is 64.3 Å². The lowest BCUT2D eigenvalue weighted by molar-refractivity contribution is -0.122. The number of hydrogen-bond donors (Lipinski definition) is 2. The molecule has 1 saturated heterocycles. The molecule has 0 aromatic carbocycles. The van der Waals surface area contributed by atoms with Gasteiger partial charge in [-0.25, -0.2) is 0 Å². The van der Waals surface area contributed by atoms with Crippen molar-refractivity contribution in [3.05, 3.63) is 0 Å². The molecular weight excluding hydrogens is 180 g/mol. The van der Waals surface area contributed by atoms with Crippen molar-refractivity contribution >= 4 is 5.91 Å². The fraction of sp³-hybridized carbons (Fsp3) is 0.900. The van der Waals surface area contributed by atoms with Gasteiger partial charge < -0.3 is 15.8 Å². The number of rotatable bonds is 5. The van der Waals surface area contributed by atoms with Crippen molar-refractivity contribution in [2.75, 3.05) is 13.2 Å². The first kappa shape index (κ1) is 11.5. The van der Waals surface area contributed by atoms with Gasteiger partial charge in [0.2, 0.25) is 5.91 Å². The molecule has 82 valence electrons. The van der Waals surface area contributed by atoms with E-state index < -0.39 is 0 Å². The van der Waals surface area contributed by atoms with E-state index in [1.165, 1.54) is 0 Å². The molecule has 0 spiro atoms. The quantitative estimate of drug-likeness (QED) is 0.632. The zero-order chi connectivity index (χ0) is 10.4. The second-order valence-electron chi connectivity index (χ2n) is 3.78. The van der Waals surface area contributed by atoms with Gasteiger partial charge in [0, 0.05) is 13.0 Å². The van der Waals surface area contributed by atoms with Gasteiger partial charge in [-0.2, -0.15) is 0 Å². The summed E-state index contributed by atoms with van der Waals surface area (Å²) in [6.07, 6.45) is 3.48. The average molecular weight is 200 g/mol. The molecule has 1 fully saturated rings. The molecule has 3 N–H and O–H groups in total. The molecule has 0 radical (unpaired) electrons. The standard InChI is InChI=1S/C10H20N2O2/c1-8-9(5-7-14-8)12-10(13)4-2-3-6-11/h8-9H,2-7,11H2,1H3,(H,12,13). The van der Waals surface area contributed by atoms with Crippen molar-refractivity contribution in [1.29, 1.82) is 0 Å². The Labute approximate surface area is 85.2 Å². The van der Waals surface area contributed by atoms with E-state index in [9.17, 15) is 4.79 Å². The zero-order valence-electron chi connectivity index (χ0n) is 8.79. The Morgan fingerprint density at radius 2 is 2.36 bits per heavy atom. The minimum atomic E-state index is 0.126. The summed E-state index contributed by atoms with van der Waals surface area (Å²) >= 11 is 0. The second kappa shape index (κ2) is 5.98. The van der Waals surface area contributed by atoms with E-state index in [2.05, 4.69) is 5.32 Å². The third-order valence-corrected chi connectivity index (χ3v) is 2.58. The Hall–Kier alpha value is -0.610. The lowest BCUT2D eigenvalue weighted by Crippen LogP contribution is -2.39. The normalized spacial score (nSPS) is 26.4. The summed E-state index contributed by atoms with van der Waals surface area (Å²) in [4.78, 5) is 11.4. The number of nitrogens with two attached hydrogens (primary N) is 1. The van der Waals surface area contributed by atoms with E-state index in [1.54, 1.807) is 0 Å². The summed E-state index contributed by atoms with van der Waals surface area (Å²) in [6.45, 7) is 3.42. The number of nitrogens with one attached hydrogen (secondary N) is 1. The molecule has 14 heavy (non-hydrogen) atoms. The minimum Gasteiger partial charge on any atom is -0.376 e. The highest BCUT2D eigenvalue weighted by Crippen LogP contribution is 2.12. The minimum absolute atomic E-state index is 0.126. The first-order chi connectivity index (χ1) is 6.74. The Morgan fingerprint density at radius 1 is 1.57 bits per heavy atom. The number of unbranched alkanes of at least 4 members (excludes halogenated alkanes) is 1. The molecule has 1 amide bonds. The SMILES string of the molecule is CC1OCCC1NC(=O)CCCCN. The van der Waals surface area contributed by atoms with Crippen LogP contribution in [0.3, 0.4) is 0 Å². The third kappa shape index (κ3) is 3.64. The number of amides is 1. The van der Waals surface area contributed by atoms with Crippen LogP contribution in [-0.2, 0) is 9.53 Å². The highest BCUT2D eigenvalue weighted by Gasteiger charge is 2.25. The van der Waals surface area contributed by atoms with Crippen LogP contribution >= 0.6 is 0 Å². The van der Waals surface area contributed by atoms with Crippen molar-refractivity contribution in [3.8, 4) is 0 Å². The van der Waals surface area contributed by atoms with Gasteiger partial charge in [-0.1, -0.05) is 0 Å². The van der Waals surface area contributed by atoms with Crippen LogP contribution in [0.4, 0.5) is 0 Å². The van der Waals surface area contributed by atoms with Crippen LogP contribution in [0.5, 0.6) is 0 Å². The Morgan fingerprint density at radius 3 is 2.93 bits per heavy atom. The smallest absolute Gasteiger partial charge is 0.220 e. The van der Waals surface area contributed by atoms with Gasteiger partial charge in [-0.15, -0.1) is 0 Å². The molecule has 4 nitrogen and oxygen atoms in total. The van der Waals surface area contributed by atoms with Gasteiger partial charge in [-0.3, -0.25) is 4.79 Å². The van der Waals surface area contributed by atoms with E-state index in [4.69, 9.17) is 10.5 Å². The summed E-state index contributed by atoms with van der Waals surface area (Å²) in [6, 6.07) is 0.209. The fourth-order valence-electron chi connectivity index (χ4n) is 1.63. The summed E-state index contributed by atoms with van der Waals surface area (Å²) in [5.41, 5.74) is 5.35. The summed E-state index contributed by atoms with van der Waals surface area (Å²) in [7, 11) is 0. The first-order valence-electron chi connectivity index (χ1n) is 5.35. The molecule has 0 saturated carbocycles. The second-order valence-corrected chi connectivity index (χ2v) is 3.78. The maximum Gasteiger partial charge on any atom is 0.220 e. The number of hydrogen-bond acceptors (Lipinski definition) is 3. The molecule has 0 bridgehead atoms. The van der Waals surface area contributed by atoms with Crippen LogP contribution in [0.25, 0.3) is 0 Å². The van der Waals surface area contributed by atoms with E-state index in [1.807, 2.05) is 6.92 Å². The van der Waals surface area contributed by atoms with Gasteiger partial charge in [-0.05, 0) is 32.7 Å². The lowest BCUT2D eigenvalue weighted by atomic mass is 10.1. The van der Waals surface area contributed by atoms with E-state index >= 15 is 0 Å². The van der Waals surface area contributed by atoms with Crippen LogP contribution in [0.15, 0.2) is 0 Å². The van der Waals surface area contributed by atoms with Crippen molar-refractivity contribution in [3.63, 3.8) is 0 Å². The van der Waals surface area contributed by atoms with Gasteiger partial charge in [0.25, 0.3) is 0 Å². The summed E-state index contributed by atoms with van der Waals surface area (Å²) < 4.78 is 5.36. The summed E-state index contributed by atoms with van der Waals surface area (Å²) in [5, 5.41) is 2.98. The zero-order valence-corrected chi connectivity index (χ0v) is 8.79. The van der Waals surface area contributed by atoms with Gasteiger partial charge in [0.1, 0.15) is 0 Å². The van der Waals surface area contributed by atoms with Crippen molar-refractivity contribution in [1.82, 2.24) is 5.32 Å². The van der Waals surface area contributed by atoms with Crippen molar-refractivity contribution in [2.45, 2.75) is 44.8 Å². The molecule has 4 heteroatoms. The molecule has 1 rings (SSSR count). The molecule has 0 aromatic heterocycles. The Balaban J connectivity index is 2.13. The van der Waals surface area contributed by atoms with Crippen LogP contribution in [-0.4, -0.2) is 31.2 Å². The Bertz CT molecular complexity index is 185. The fourth-order valence-corrected chi connectivity index (χ4v) is 1.63. The molecule has 1 aliphatic rings. The number of carbonyl (C=O) groups is 1. The third-order valence-electron chi connectivity index (χ3n) is 2.58. The predicted octanol–water partition coefficient (Wildman–Crippen LogP) is 0.409. The highest BCUT2D eigenvalue weighted by atomic mass is 16.5. The molecule has 1 heterocycles. The van der Waals surface area contributed by atoms with Gasteiger partial charge >= 0.3 is 0 Å². The van der Waals surface area contributed by atoms with Crippen LogP contribution in [0.1, 0.15) is 32.6 Å². The molecule has 1 aliphatic heterocycles. The number of carbonyl (C=O) groups excluding carboxylic acids is 1. The molecule has 0 aliphatic carbocycles. The van der Waals surface area contributed by atoms with Crippen LogP contribution in [0.2, 0.25) is 0 Å². The van der Waals surface area contributed by atoms with Gasteiger partial charge in [0.15, 0.2) is 0 Å². The average Bonchev–Trinajstić information content (AvgIpc) is 2.52. The highest BCUT2D eigenvalue weighted by molar-refractivity contribution is 5.76. The molecular formula is C10H20N2O2. The van der Waals surface area contributed by atoms with E-state index in [0.29, 0.717) is 13.0 Å². The van der Waals surface area contributed by atoms with E-state index in [-0.39, 0.29) is 18.1 Å². The largest absolute Gasteiger partial charge is 0.376 e. The first-order valence-corrected chi connectivity index (χ1v) is 5.35. The number of ether oxygens (including phenoxy) is 1. The van der Waals surface area contributed by atoms with Gasteiger partial charge in [0.05, 0.1) is 12.1 Å². The molecule has 2 unspecified atom stereocenters. The van der Waals surface area contributed by atoms with Crippen LogP contribution in [0, 0.1) is 0 Å². The predicted molar refractivity (Wildman–Crippen MR) is 54.9 cm³/mol. The molecule has 0 aromatic rings. The molecule has 2 atom stereocenters. The maximum atomic E-state index is 11.4. The monoisotopic (exact) mass is 200 g/mol.